The molecule has 0 saturated carbocycles. The molecule has 1 aliphatic rings. The Labute approximate surface area is 104 Å². The monoisotopic (exact) mass is 242 g/mol. The van der Waals surface area contributed by atoms with Gasteiger partial charge in [0.25, 0.3) is 0 Å². The number of hydrogen-bond donors (Lipinski definition) is 2. The summed E-state index contributed by atoms with van der Waals surface area (Å²) in [6.07, 6.45) is 3.11. The third-order valence-electron chi connectivity index (χ3n) is 3.64. The molecule has 1 amide bonds. The van der Waals surface area contributed by atoms with E-state index >= 15 is 0 Å². The number of amides is 1. The van der Waals surface area contributed by atoms with E-state index in [4.69, 9.17) is 4.74 Å². The molecule has 2 N–H and O–H groups in total. The van der Waals surface area contributed by atoms with Crippen LogP contribution in [-0.4, -0.2) is 38.3 Å². The third-order valence-corrected chi connectivity index (χ3v) is 3.64. The second kappa shape index (κ2) is 6.97. The normalized spacial score (nSPS) is 20.9. The van der Waals surface area contributed by atoms with E-state index < -0.39 is 0 Å². The second-order valence-corrected chi connectivity index (χ2v) is 5.39. The van der Waals surface area contributed by atoms with E-state index in [1.165, 1.54) is 0 Å². The molecule has 1 rings (SSSR count). The molecule has 100 valence electrons. The Morgan fingerprint density at radius 2 is 2.06 bits per heavy atom. The first-order valence-corrected chi connectivity index (χ1v) is 6.63. The molecule has 1 unspecified atom stereocenters. The van der Waals surface area contributed by atoms with Gasteiger partial charge in [0.2, 0.25) is 5.91 Å². The second-order valence-electron chi connectivity index (χ2n) is 5.39. The van der Waals surface area contributed by atoms with E-state index in [1.54, 1.807) is 0 Å². The number of rotatable bonds is 6. The largest absolute Gasteiger partial charge is 0.381 e. The van der Waals surface area contributed by atoms with E-state index in [-0.39, 0.29) is 11.3 Å². The summed E-state index contributed by atoms with van der Waals surface area (Å²) in [5, 5.41) is 6.21. The molecule has 4 nitrogen and oxygen atoms in total. The maximum absolute atomic E-state index is 11.6. The summed E-state index contributed by atoms with van der Waals surface area (Å²) < 4.78 is 5.34. The van der Waals surface area contributed by atoms with Gasteiger partial charge >= 0.3 is 0 Å². The lowest BCUT2D eigenvalue weighted by atomic mass is 9.82. The van der Waals surface area contributed by atoms with Crippen LogP contribution in [0.2, 0.25) is 0 Å². The molecule has 0 aromatic heterocycles. The van der Waals surface area contributed by atoms with E-state index in [0.717, 1.165) is 39.0 Å². The first-order valence-electron chi connectivity index (χ1n) is 6.63. The van der Waals surface area contributed by atoms with Crippen molar-refractivity contribution in [3.05, 3.63) is 0 Å². The molecule has 0 radical (unpaired) electrons. The molecule has 1 heterocycles. The molecule has 0 bridgehead atoms. The molecule has 4 heteroatoms. The zero-order chi connectivity index (χ0) is 12.7. The minimum Gasteiger partial charge on any atom is -0.381 e. The van der Waals surface area contributed by atoms with Crippen LogP contribution in [0.4, 0.5) is 0 Å². The Kier molecular flexibility index (Phi) is 5.92. The van der Waals surface area contributed by atoms with Gasteiger partial charge in [-0.25, -0.2) is 0 Å². The highest BCUT2D eigenvalue weighted by Gasteiger charge is 2.27. The molecule has 0 aliphatic carbocycles. The van der Waals surface area contributed by atoms with Crippen molar-refractivity contribution in [3.63, 3.8) is 0 Å². The smallest absolute Gasteiger partial charge is 0.233 e. The number of carbonyl (C=O) groups is 1. The van der Waals surface area contributed by atoms with Gasteiger partial charge in [-0.05, 0) is 31.6 Å². The van der Waals surface area contributed by atoms with E-state index in [9.17, 15) is 4.79 Å². The maximum atomic E-state index is 11.6. The summed E-state index contributed by atoms with van der Waals surface area (Å²) in [5.41, 5.74) is 0.213. The molecule has 0 aromatic carbocycles. The lowest BCUT2D eigenvalue weighted by molar-refractivity contribution is -0.121. The van der Waals surface area contributed by atoms with Crippen LogP contribution in [-0.2, 0) is 9.53 Å². The van der Waals surface area contributed by atoms with Crippen LogP contribution in [0.15, 0.2) is 0 Å². The molecular formula is C13H26N2O2. The van der Waals surface area contributed by atoms with Crippen LogP contribution in [0.5, 0.6) is 0 Å². The Bertz CT molecular complexity index is 238. The Morgan fingerprint density at radius 3 is 2.65 bits per heavy atom. The van der Waals surface area contributed by atoms with Crippen LogP contribution in [0.3, 0.4) is 0 Å². The lowest BCUT2D eigenvalue weighted by Crippen LogP contribution is -2.43. The SMILES string of the molecule is CCC(C)NCC(=O)NCC1(C)CCOCC1. The van der Waals surface area contributed by atoms with Crippen molar-refractivity contribution in [2.45, 2.75) is 46.1 Å². The number of hydrogen-bond acceptors (Lipinski definition) is 3. The van der Waals surface area contributed by atoms with Crippen molar-refractivity contribution in [2.24, 2.45) is 5.41 Å². The minimum atomic E-state index is 0.0954. The number of carbonyl (C=O) groups excluding carboxylic acids is 1. The van der Waals surface area contributed by atoms with Gasteiger partial charge in [0.1, 0.15) is 0 Å². The molecular weight excluding hydrogens is 216 g/mol. The summed E-state index contributed by atoms with van der Waals surface area (Å²) in [5.74, 6) is 0.0954. The van der Waals surface area contributed by atoms with Gasteiger partial charge in [-0.15, -0.1) is 0 Å². The third kappa shape index (κ3) is 5.50. The standard InChI is InChI=1S/C13H26N2O2/c1-4-11(2)14-9-12(16)15-10-13(3)5-7-17-8-6-13/h11,14H,4-10H2,1-3H3,(H,15,16). The van der Waals surface area contributed by atoms with Crippen LogP contribution in [0.1, 0.15) is 40.0 Å². The van der Waals surface area contributed by atoms with Gasteiger partial charge in [-0.2, -0.15) is 0 Å². The Morgan fingerprint density at radius 1 is 1.41 bits per heavy atom. The average molecular weight is 242 g/mol. The van der Waals surface area contributed by atoms with Crippen molar-refractivity contribution in [1.82, 2.24) is 10.6 Å². The molecule has 0 spiro atoms. The fourth-order valence-corrected chi connectivity index (χ4v) is 1.83. The van der Waals surface area contributed by atoms with E-state index in [2.05, 4.69) is 31.4 Å². The van der Waals surface area contributed by atoms with Gasteiger partial charge in [0.15, 0.2) is 0 Å². The number of nitrogens with one attached hydrogen (secondary N) is 2. The summed E-state index contributed by atoms with van der Waals surface area (Å²) >= 11 is 0. The van der Waals surface area contributed by atoms with Crippen molar-refractivity contribution in [1.29, 1.82) is 0 Å². The fraction of sp³-hybridized carbons (Fsp3) is 0.923. The van der Waals surface area contributed by atoms with Crippen LogP contribution in [0, 0.1) is 5.41 Å². The molecule has 1 aliphatic heterocycles. The predicted molar refractivity (Wildman–Crippen MR) is 68.9 cm³/mol. The maximum Gasteiger partial charge on any atom is 0.233 e. The average Bonchev–Trinajstić information content (AvgIpc) is 2.34. The van der Waals surface area contributed by atoms with Crippen molar-refractivity contribution < 1.29 is 9.53 Å². The summed E-state index contributed by atoms with van der Waals surface area (Å²) in [7, 11) is 0. The first-order chi connectivity index (χ1) is 8.06. The van der Waals surface area contributed by atoms with Crippen molar-refractivity contribution in [2.75, 3.05) is 26.3 Å². The topological polar surface area (TPSA) is 50.4 Å². The molecule has 1 saturated heterocycles. The van der Waals surface area contributed by atoms with Crippen LogP contribution in [0.25, 0.3) is 0 Å². The summed E-state index contributed by atoms with van der Waals surface area (Å²) in [6.45, 7) is 9.23. The van der Waals surface area contributed by atoms with E-state index in [1.807, 2.05) is 0 Å². The minimum absolute atomic E-state index is 0.0954. The van der Waals surface area contributed by atoms with Crippen LogP contribution < -0.4 is 10.6 Å². The molecule has 0 aromatic rings. The summed E-state index contributed by atoms with van der Waals surface area (Å²) in [4.78, 5) is 11.6. The highest BCUT2D eigenvalue weighted by atomic mass is 16.5. The highest BCUT2D eigenvalue weighted by Crippen LogP contribution is 2.28. The summed E-state index contributed by atoms with van der Waals surface area (Å²) in [6, 6.07) is 0.402. The number of ether oxygens (including phenoxy) is 1. The van der Waals surface area contributed by atoms with E-state index in [0.29, 0.717) is 12.6 Å². The molecule has 1 fully saturated rings. The van der Waals surface area contributed by atoms with Gasteiger partial charge in [-0.3, -0.25) is 4.79 Å². The van der Waals surface area contributed by atoms with Crippen LogP contribution >= 0.6 is 0 Å². The fourth-order valence-electron chi connectivity index (χ4n) is 1.83. The first kappa shape index (κ1) is 14.5. The quantitative estimate of drug-likeness (QED) is 0.738. The molecule has 17 heavy (non-hydrogen) atoms. The van der Waals surface area contributed by atoms with Gasteiger partial charge < -0.3 is 15.4 Å². The Hall–Kier alpha value is -0.610. The van der Waals surface area contributed by atoms with Gasteiger partial charge in [0, 0.05) is 25.8 Å². The molecule has 1 atom stereocenters. The highest BCUT2D eigenvalue weighted by molar-refractivity contribution is 5.78. The van der Waals surface area contributed by atoms with Crippen molar-refractivity contribution in [3.8, 4) is 0 Å². The van der Waals surface area contributed by atoms with Crippen molar-refractivity contribution >= 4 is 5.91 Å². The zero-order valence-corrected chi connectivity index (χ0v) is 11.3. The lowest BCUT2D eigenvalue weighted by Gasteiger charge is -2.33. The van der Waals surface area contributed by atoms with Gasteiger partial charge in [0.05, 0.1) is 6.54 Å². The zero-order valence-electron chi connectivity index (χ0n) is 11.3. The Balaban J connectivity index is 2.18. The van der Waals surface area contributed by atoms with Gasteiger partial charge in [-0.1, -0.05) is 13.8 Å². The predicted octanol–water partition coefficient (Wildman–Crippen LogP) is 1.31.